The first-order valence-corrected chi connectivity index (χ1v) is 9.92. The van der Waals surface area contributed by atoms with Crippen molar-refractivity contribution in [3.05, 3.63) is 77.4 Å². The first-order valence-electron chi connectivity index (χ1n) is 9.92. The zero-order valence-electron chi connectivity index (χ0n) is 17.2. The molecular formula is C24H22F2N2O3. The van der Waals surface area contributed by atoms with Gasteiger partial charge < -0.3 is 14.9 Å². The van der Waals surface area contributed by atoms with Gasteiger partial charge in [-0.05, 0) is 52.2 Å². The van der Waals surface area contributed by atoms with E-state index in [-0.39, 0.29) is 24.7 Å². The number of fused-ring (bicyclic) bond motifs is 2. The number of benzene rings is 3. The Labute approximate surface area is 178 Å². The summed E-state index contributed by atoms with van der Waals surface area (Å²) in [6.07, 6.45) is -0.0545. The Bertz CT molecular complexity index is 1180. The summed E-state index contributed by atoms with van der Waals surface area (Å²) in [5, 5.41) is 11.6. The van der Waals surface area contributed by atoms with Gasteiger partial charge in [0.2, 0.25) is 5.91 Å². The smallest absolute Gasteiger partial charge is 0.327 e. The second-order valence-corrected chi connectivity index (χ2v) is 8.00. The van der Waals surface area contributed by atoms with Crippen LogP contribution in [0.3, 0.4) is 0 Å². The summed E-state index contributed by atoms with van der Waals surface area (Å²) in [5.41, 5.74) is 1.81. The van der Waals surface area contributed by atoms with Crippen LogP contribution in [0.2, 0.25) is 0 Å². The van der Waals surface area contributed by atoms with Crippen molar-refractivity contribution in [3.8, 4) is 0 Å². The standard InChI is InChI=1S/C24H22F2N2O3/c1-27(2)22(29)12-20-19-11-17(26)8-9-21(19)28(23(20)24(30)31)13-15-5-3-4-14-6-7-16(25)10-18(14)15/h3-11,20,23H,12-13H2,1-2H3,(H,30,31). The van der Waals surface area contributed by atoms with Crippen molar-refractivity contribution < 1.29 is 23.5 Å². The van der Waals surface area contributed by atoms with Gasteiger partial charge in [0.25, 0.3) is 0 Å². The Hall–Kier alpha value is -3.48. The number of amides is 1. The van der Waals surface area contributed by atoms with E-state index in [0.717, 1.165) is 10.9 Å². The summed E-state index contributed by atoms with van der Waals surface area (Å²) < 4.78 is 28.0. The maximum Gasteiger partial charge on any atom is 0.327 e. The van der Waals surface area contributed by atoms with E-state index in [1.807, 2.05) is 18.2 Å². The molecule has 7 heteroatoms. The predicted octanol–water partition coefficient (Wildman–Crippen LogP) is 4.15. The summed E-state index contributed by atoms with van der Waals surface area (Å²) in [7, 11) is 3.20. The Morgan fingerprint density at radius 1 is 1.03 bits per heavy atom. The monoisotopic (exact) mass is 424 g/mol. The molecule has 0 bridgehead atoms. The lowest BCUT2D eigenvalue weighted by molar-refractivity contribution is -0.139. The third-order valence-corrected chi connectivity index (χ3v) is 5.84. The highest BCUT2D eigenvalue weighted by molar-refractivity contribution is 5.89. The second-order valence-electron chi connectivity index (χ2n) is 8.00. The summed E-state index contributed by atoms with van der Waals surface area (Å²) >= 11 is 0. The van der Waals surface area contributed by atoms with Gasteiger partial charge in [0.1, 0.15) is 17.7 Å². The van der Waals surface area contributed by atoms with Crippen LogP contribution >= 0.6 is 0 Å². The summed E-state index contributed by atoms with van der Waals surface area (Å²) in [4.78, 5) is 27.8. The number of hydrogen-bond acceptors (Lipinski definition) is 3. The Balaban J connectivity index is 1.81. The van der Waals surface area contributed by atoms with E-state index in [1.165, 1.54) is 29.2 Å². The van der Waals surface area contributed by atoms with Crippen molar-refractivity contribution >= 4 is 28.3 Å². The zero-order chi connectivity index (χ0) is 22.3. The molecule has 1 aliphatic rings. The molecule has 0 aromatic heterocycles. The molecule has 0 saturated heterocycles. The molecule has 4 rings (SSSR count). The first-order chi connectivity index (χ1) is 14.8. The lowest BCUT2D eigenvalue weighted by Gasteiger charge is -2.28. The van der Waals surface area contributed by atoms with Crippen molar-refractivity contribution in [2.24, 2.45) is 0 Å². The Morgan fingerprint density at radius 3 is 2.45 bits per heavy atom. The summed E-state index contributed by atoms with van der Waals surface area (Å²) in [6, 6.07) is 13.1. The van der Waals surface area contributed by atoms with Crippen LogP contribution in [0.15, 0.2) is 54.6 Å². The molecule has 3 aromatic carbocycles. The summed E-state index contributed by atoms with van der Waals surface area (Å²) in [6.45, 7) is 0.184. The van der Waals surface area contributed by atoms with Gasteiger partial charge >= 0.3 is 5.97 Å². The SMILES string of the molecule is CN(C)C(=O)CC1c2cc(F)ccc2N(Cc2cccc3ccc(F)cc23)C1C(=O)O. The Morgan fingerprint density at radius 2 is 1.74 bits per heavy atom. The number of aliphatic carboxylic acids is 1. The highest BCUT2D eigenvalue weighted by Crippen LogP contribution is 2.44. The molecule has 3 aromatic rings. The lowest BCUT2D eigenvalue weighted by Crippen LogP contribution is -2.41. The number of hydrogen-bond donors (Lipinski definition) is 1. The van der Waals surface area contributed by atoms with Crippen LogP contribution in [-0.2, 0) is 16.1 Å². The minimum Gasteiger partial charge on any atom is -0.480 e. The molecule has 31 heavy (non-hydrogen) atoms. The number of carbonyl (C=O) groups is 2. The minimum absolute atomic E-state index is 0.0545. The molecule has 0 aliphatic carbocycles. The van der Waals surface area contributed by atoms with Crippen molar-refractivity contribution in [1.29, 1.82) is 0 Å². The minimum atomic E-state index is -1.10. The first kappa shape index (κ1) is 20.8. The van der Waals surface area contributed by atoms with Gasteiger partial charge in [-0.1, -0.05) is 24.3 Å². The van der Waals surface area contributed by atoms with Crippen molar-refractivity contribution in [2.75, 3.05) is 19.0 Å². The van der Waals surface area contributed by atoms with E-state index >= 15 is 0 Å². The van der Waals surface area contributed by atoms with E-state index in [9.17, 15) is 23.5 Å². The van der Waals surface area contributed by atoms with Crippen molar-refractivity contribution in [3.63, 3.8) is 0 Å². The van der Waals surface area contributed by atoms with Crippen LogP contribution < -0.4 is 4.90 Å². The highest BCUT2D eigenvalue weighted by atomic mass is 19.1. The second kappa shape index (κ2) is 7.98. The maximum absolute atomic E-state index is 14.1. The molecule has 2 atom stereocenters. The molecule has 1 aliphatic heterocycles. The molecular weight excluding hydrogens is 402 g/mol. The van der Waals surface area contributed by atoms with E-state index in [4.69, 9.17) is 0 Å². The molecule has 0 radical (unpaired) electrons. The van der Waals surface area contributed by atoms with Crippen LogP contribution in [0.25, 0.3) is 10.8 Å². The van der Waals surface area contributed by atoms with Crippen LogP contribution in [0.5, 0.6) is 0 Å². The topological polar surface area (TPSA) is 60.9 Å². The van der Waals surface area contributed by atoms with Gasteiger partial charge in [0, 0.05) is 38.7 Å². The largest absolute Gasteiger partial charge is 0.480 e. The molecule has 0 fully saturated rings. The molecule has 2 unspecified atom stereocenters. The van der Waals surface area contributed by atoms with E-state index in [2.05, 4.69) is 0 Å². The molecule has 1 amide bonds. The molecule has 0 saturated carbocycles. The third kappa shape index (κ3) is 3.83. The average molecular weight is 424 g/mol. The van der Waals surface area contributed by atoms with Gasteiger partial charge in [0.15, 0.2) is 0 Å². The van der Waals surface area contributed by atoms with E-state index in [0.29, 0.717) is 16.6 Å². The number of halogens is 2. The average Bonchev–Trinajstić information content (AvgIpc) is 3.01. The quantitative estimate of drug-likeness (QED) is 0.668. The molecule has 1 heterocycles. The van der Waals surface area contributed by atoms with E-state index < -0.39 is 23.7 Å². The van der Waals surface area contributed by atoms with Crippen LogP contribution in [-0.4, -0.2) is 42.0 Å². The summed E-state index contributed by atoms with van der Waals surface area (Å²) in [5.74, 6) is -2.91. The highest BCUT2D eigenvalue weighted by Gasteiger charge is 2.44. The fourth-order valence-corrected chi connectivity index (χ4v) is 4.33. The van der Waals surface area contributed by atoms with Gasteiger partial charge in [-0.25, -0.2) is 13.6 Å². The third-order valence-electron chi connectivity index (χ3n) is 5.84. The van der Waals surface area contributed by atoms with Gasteiger partial charge in [-0.15, -0.1) is 0 Å². The van der Waals surface area contributed by atoms with Crippen LogP contribution in [0.4, 0.5) is 14.5 Å². The number of rotatable bonds is 5. The van der Waals surface area contributed by atoms with Crippen molar-refractivity contribution in [2.45, 2.75) is 24.9 Å². The normalized spacial score (nSPS) is 17.6. The number of carboxylic acid groups (broad SMARTS) is 1. The molecule has 0 spiro atoms. The fourth-order valence-electron chi connectivity index (χ4n) is 4.33. The number of carbonyl (C=O) groups excluding carboxylic acids is 1. The Kier molecular flexibility index (Phi) is 5.35. The molecule has 160 valence electrons. The number of nitrogens with zero attached hydrogens (tertiary/aromatic N) is 2. The van der Waals surface area contributed by atoms with Crippen molar-refractivity contribution in [1.82, 2.24) is 4.90 Å². The maximum atomic E-state index is 14.1. The molecule has 5 nitrogen and oxygen atoms in total. The molecule has 1 N–H and O–H groups in total. The lowest BCUT2D eigenvalue weighted by atomic mass is 9.91. The van der Waals surface area contributed by atoms with Gasteiger partial charge in [0.05, 0.1) is 0 Å². The fraction of sp³-hybridized carbons (Fsp3) is 0.250. The number of anilines is 1. The van der Waals surface area contributed by atoms with Crippen LogP contribution in [0, 0.1) is 11.6 Å². The van der Waals surface area contributed by atoms with Crippen LogP contribution in [0.1, 0.15) is 23.5 Å². The zero-order valence-corrected chi connectivity index (χ0v) is 17.2. The van der Waals surface area contributed by atoms with Gasteiger partial charge in [-0.2, -0.15) is 0 Å². The predicted molar refractivity (Wildman–Crippen MR) is 114 cm³/mol. The van der Waals surface area contributed by atoms with E-state index in [1.54, 1.807) is 31.1 Å². The number of carboxylic acids is 1. The van der Waals surface area contributed by atoms with Gasteiger partial charge in [-0.3, -0.25) is 4.79 Å².